The fourth-order valence-corrected chi connectivity index (χ4v) is 1.93. The van der Waals surface area contributed by atoms with Crippen LogP contribution in [0, 0.1) is 29.1 Å². The summed E-state index contributed by atoms with van der Waals surface area (Å²) in [6, 6.07) is 0. The Kier molecular flexibility index (Phi) is 5.39. The van der Waals surface area contributed by atoms with Crippen LogP contribution < -0.4 is 0 Å². The Labute approximate surface area is 116 Å². The van der Waals surface area contributed by atoms with E-state index in [1.54, 1.807) is 0 Å². The summed E-state index contributed by atoms with van der Waals surface area (Å²) < 4.78 is 78.5. The van der Waals surface area contributed by atoms with Crippen molar-refractivity contribution in [2.24, 2.45) is 0 Å². The highest BCUT2D eigenvalue weighted by Gasteiger charge is 2.38. The molecule has 1 N–H and O–H groups in total. The first-order valence-corrected chi connectivity index (χ1v) is 7.16. The first kappa shape index (κ1) is 17.5. The molecule has 0 amide bonds. The minimum absolute atomic E-state index is 0.932. The summed E-state index contributed by atoms with van der Waals surface area (Å²) in [5, 5.41) is 0. The minimum atomic E-state index is -3.92. The lowest BCUT2D eigenvalue weighted by molar-refractivity contribution is 0.0422. The molecule has 0 saturated heterocycles. The Hall–Kier alpha value is -1.56. The van der Waals surface area contributed by atoms with Crippen LogP contribution in [0.4, 0.5) is 22.0 Å². The number of carbonyl (C=O) groups is 1. The fourth-order valence-electron chi connectivity index (χ4n) is 1.21. The van der Waals surface area contributed by atoms with Crippen LogP contribution in [-0.2, 0) is 13.6 Å². The molecule has 0 aliphatic heterocycles. The van der Waals surface area contributed by atoms with E-state index in [2.05, 4.69) is 13.6 Å². The highest BCUT2D eigenvalue weighted by molar-refractivity contribution is 6.59. The summed E-state index contributed by atoms with van der Waals surface area (Å²) in [6.07, 6.45) is -0.932. The molecule has 11 heteroatoms. The second-order valence-electron chi connectivity index (χ2n) is 3.64. The quantitative estimate of drug-likeness (QED) is 0.289. The van der Waals surface area contributed by atoms with Gasteiger partial charge in [0.15, 0.2) is 29.5 Å². The van der Waals surface area contributed by atoms with Gasteiger partial charge in [-0.3, -0.25) is 0 Å². The lowest BCUT2D eigenvalue weighted by Crippen LogP contribution is -2.46. The average molecular weight is 332 g/mol. The maximum absolute atomic E-state index is 13.3. The Balaban J connectivity index is 3.10. The van der Waals surface area contributed by atoms with E-state index in [4.69, 9.17) is 0 Å². The smallest absolute Gasteiger partial charge is 0.457 e. The third-order valence-electron chi connectivity index (χ3n) is 2.44. The Morgan fingerprint density at radius 1 is 0.952 bits per heavy atom. The molecule has 0 radical (unpaired) electrons. The van der Waals surface area contributed by atoms with Crippen LogP contribution in [0.5, 0.6) is 0 Å². The number of benzene rings is 1. The average Bonchev–Trinajstić information content (AvgIpc) is 2.48. The van der Waals surface area contributed by atoms with Gasteiger partial charge in [-0.05, 0) is 0 Å². The zero-order valence-electron chi connectivity index (χ0n) is 10.7. The van der Waals surface area contributed by atoms with Gasteiger partial charge in [0.25, 0.3) is 0 Å². The molecular weight excluding hydrogens is 323 g/mol. The molecular formula is C10H9F5O5Si. The van der Waals surface area contributed by atoms with E-state index in [1.165, 1.54) is 0 Å². The Morgan fingerprint density at radius 3 is 1.71 bits per heavy atom. The second kappa shape index (κ2) is 6.47. The van der Waals surface area contributed by atoms with Crippen LogP contribution in [0.15, 0.2) is 0 Å². The molecule has 1 aromatic rings. The maximum Gasteiger partial charge on any atom is 0.537 e. The number of hydrogen-bond acceptors (Lipinski definition) is 5. The van der Waals surface area contributed by atoms with Crippen molar-refractivity contribution in [2.45, 2.75) is 0 Å². The van der Waals surface area contributed by atoms with Gasteiger partial charge >= 0.3 is 14.8 Å². The van der Waals surface area contributed by atoms with Crippen molar-refractivity contribution in [1.29, 1.82) is 0 Å². The normalized spacial score (nSPS) is 11.6. The standard InChI is InChI=1S/C10H9F5O5Si/c1-18-21(17,19-2)3-20-10(16)4-5(11)7(13)9(15)8(14)6(4)12/h17H,3H2,1-2H3. The van der Waals surface area contributed by atoms with Gasteiger partial charge in [0, 0.05) is 14.2 Å². The predicted molar refractivity (Wildman–Crippen MR) is 58.5 cm³/mol. The molecule has 0 atom stereocenters. The molecule has 1 aromatic carbocycles. The van der Waals surface area contributed by atoms with Gasteiger partial charge in [-0.15, -0.1) is 0 Å². The monoisotopic (exact) mass is 332 g/mol. The van der Waals surface area contributed by atoms with Gasteiger partial charge in [0.05, 0.1) is 0 Å². The van der Waals surface area contributed by atoms with Crippen molar-refractivity contribution in [3.05, 3.63) is 34.6 Å². The van der Waals surface area contributed by atoms with Crippen molar-refractivity contribution >= 4 is 14.8 Å². The van der Waals surface area contributed by atoms with E-state index < -0.39 is 55.7 Å². The zero-order chi connectivity index (χ0) is 16.4. The van der Waals surface area contributed by atoms with Gasteiger partial charge in [-0.2, -0.15) is 0 Å². The third kappa shape index (κ3) is 3.37. The SMILES string of the molecule is CO[Si](O)(COC(=O)c1c(F)c(F)c(F)c(F)c1F)OC. The van der Waals surface area contributed by atoms with Crippen molar-refractivity contribution in [2.75, 3.05) is 20.4 Å². The van der Waals surface area contributed by atoms with Gasteiger partial charge < -0.3 is 18.4 Å². The first-order chi connectivity index (χ1) is 9.68. The molecule has 21 heavy (non-hydrogen) atoms. The molecule has 118 valence electrons. The summed E-state index contributed by atoms with van der Waals surface area (Å²) in [4.78, 5) is 21.0. The van der Waals surface area contributed by atoms with Crippen LogP contribution in [0.3, 0.4) is 0 Å². The van der Waals surface area contributed by atoms with Crippen molar-refractivity contribution in [1.82, 2.24) is 0 Å². The number of hydrogen-bond donors (Lipinski definition) is 1. The lowest BCUT2D eigenvalue weighted by atomic mass is 10.1. The van der Waals surface area contributed by atoms with Crippen LogP contribution >= 0.6 is 0 Å². The van der Waals surface area contributed by atoms with E-state index in [1.807, 2.05) is 0 Å². The van der Waals surface area contributed by atoms with Crippen molar-refractivity contribution < 1.29 is 45.1 Å². The van der Waals surface area contributed by atoms with Gasteiger partial charge in [0.1, 0.15) is 5.56 Å². The topological polar surface area (TPSA) is 65.0 Å². The van der Waals surface area contributed by atoms with Gasteiger partial charge in [-0.25, -0.2) is 26.7 Å². The molecule has 0 bridgehead atoms. The Bertz CT molecular complexity index is 534. The number of halogens is 5. The lowest BCUT2D eigenvalue weighted by Gasteiger charge is -2.19. The molecule has 0 fully saturated rings. The summed E-state index contributed by atoms with van der Waals surface area (Å²) in [6.45, 7) is 0. The van der Waals surface area contributed by atoms with E-state index >= 15 is 0 Å². The Morgan fingerprint density at radius 2 is 1.33 bits per heavy atom. The van der Waals surface area contributed by atoms with Crippen molar-refractivity contribution in [3.63, 3.8) is 0 Å². The van der Waals surface area contributed by atoms with Crippen LogP contribution in [0.2, 0.25) is 0 Å². The van der Waals surface area contributed by atoms with Crippen molar-refractivity contribution in [3.8, 4) is 0 Å². The number of rotatable bonds is 5. The molecule has 0 aliphatic carbocycles. The molecule has 1 rings (SSSR count). The summed E-state index contributed by atoms with van der Waals surface area (Å²) in [5.74, 6) is -13.5. The molecule has 0 spiro atoms. The molecule has 5 nitrogen and oxygen atoms in total. The third-order valence-corrected chi connectivity index (χ3v) is 4.22. The summed E-state index contributed by atoms with van der Waals surface area (Å²) in [7, 11) is -1.88. The molecule has 0 saturated carbocycles. The second-order valence-corrected chi connectivity index (χ2v) is 6.17. The molecule has 0 aromatic heterocycles. The molecule has 0 aliphatic rings. The largest absolute Gasteiger partial charge is 0.537 e. The zero-order valence-corrected chi connectivity index (χ0v) is 11.7. The van der Waals surface area contributed by atoms with Crippen LogP contribution in [0.25, 0.3) is 0 Å². The van der Waals surface area contributed by atoms with Gasteiger partial charge in [0.2, 0.25) is 5.82 Å². The predicted octanol–water partition coefficient (Wildman–Crippen LogP) is 1.30. The minimum Gasteiger partial charge on any atom is -0.457 e. The molecule has 0 unspecified atom stereocenters. The first-order valence-electron chi connectivity index (χ1n) is 5.19. The fraction of sp³-hybridized carbons (Fsp3) is 0.300. The van der Waals surface area contributed by atoms with E-state index in [0.29, 0.717) is 0 Å². The van der Waals surface area contributed by atoms with Crippen LogP contribution in [-0.4, -0.2) is 40.0 Å². The maximum atomic E-state index is 13.3. The number of esters is 1. The summed E-state index contributed by atoms with van der Waals surface area (Å²) in [5.41, 5.74) is -1.77. The number of ether oxygens (including phenoxy) is 1. The van der Waals surface area contributed by atoms with Crippen LogP contribution in [0.1, 0.15) is 10.4 Å². The highest BCUT2D eigenvalue weighted by Crippen LogP contribution is 2.23. The summed E-state index contributed by atoms with van der Waals surface area (Å²) >= 11 is 0. The van der Waals surface area contributed by atoms with E-state index in [9.17, 15) is 31.5 Å². The van der Waals surface area contributed by atoms with Gasteiger partial charge in [-0.1, -0.05) is 0 Å². The van der Waals surface area contributed by atoms with E-state index in [-0.39, 0.29) is 0 Å². The van der Waals surface area contributed by atoms with E-state index in [0.717, 1.165) is 14.2 Å². The highest BCUT2D eigenvalue weighted by atomic mass is 28.4. The number of carbonyl (C=O) groups excluding carboxylic acids is 1. The molecule has 0 heterocycles.